The van der Waals surface area contributed by atoms with Gasteiger partial charge < -0.3 is 9.26 Å². The summed E-state index contributed by atoms with van der Waals surface area (Å²) in [5.74, 6) is -0.127. The highest BCUT2D eigenvalue weighted by Crippen LogP contribution is 2.27. The summed E-state index contributed by atoms with van der Waals surface area (Å²) in [5, 5.41) is 3.74. The van der Waals surface area contributed by atoms with Gasteiger partial charge in [0, 0.05) is 25.2 Å². The average Bonchev–Trinajstić information content (AvgIpc) is 2.77. The zero-order valence-corrected chi connectivity index (χ0v) is 13.9. The number of benzene rings is 1. The van der Waals surface area contributed by atoms with Gasteiger partial charge >= 0.3 is 6.36 Å². The lowest BCUT2D eigenvalue weighted by molar-refractivity contribution is -0.274. The van der Waals surface area contributed by atoms with Gasteiger partial charge in [0.15, 0.2) is 0 Å². The highest BCUT2D eigenvalue weighted by Gasteiger charge is 2.32. The molecule has 0 aliphatic heterocycles. The monoisotopic (exact) mass is 364 g/mol. The van der Waals surface area contributed by atoms with Crippen LogP contribution in [0.15, 0.2) is 33.7 Å². The minimum atomic E-state index is -4.90. The van der Waals surface area contributed by atoms with Crippen LogP contribution < -0.4 is 4.74 Å². The number of nitrogens with zero attached hydrogens (tertiary/aromatic N) is 2. The van der Waals surface area contributed by atoms with Gasteiger partial charge in [0.1, 0.15) is 11.5 Å². The first-order valence-corrected chi connectivity index (χ1v) is 8.18. The van der Waals surface area contributed by atoms with Gasteiger partial charge in [-0.3, -0.25) is 0 Å². The Labute approximate surface area is 136 Å². The Balaban J connectivity index is 2.28. The molecule has 0 N–H and O–H groups in total. The molecule has 2 aromatic rings. The molecule has 1 heterocycles. The Kier molecular flexibility index (Phi) is 4.90. The maximum Gasteiger partial charge on any atom is 0.573 e. The van der Waals surface area contributed by atoms with Gasteiger partial charge in [-0.25, -0.2) is 8.42 Å². The van der Waals surface area contributed by atoms with E-state index in [1.165, 1.54) is 19.2 Å². The van der Waals surface area contributed by atoms with Crippen molar-refractivity contribution in [2.24, 2.45) is 0 Å². The molecule has 0 saturated heterocycles. The van der Waals surface area contributed by atoms with Gasteiger partial charge in [-0.15, -0.1) is 13.2 Å². The summed E-state index contributed by atoms with van der Waals surface area (Å²) in [5.41, 5.74) is 1.15. The van der Waals surface area contributed by atoms with E-state index in [-0.39, 0.29) is 11.4 Å². The number of sulfonamides is 1. The van der Waals surface area contributed by atoms with E-state index in [2.05, 4.69) is 9.89 Å². The number of hydrogen-bond donors (Lipinski definition) is 0. The molecule has 0 aliphatic rings. The number of ether oxygens (including phenoxy) is 1. The molecule has 1 aromatic heterocycles. The topological polar surface area (TPSA) is 72.6 Å². The van der Waals surface area contributed by atoms with Crippen molar-refractivity contribution in [1.82, 2.24) is 9.46 Å². The Morgan fingerprint density at radius 1 is 1.29 bits per heavy atom. The third kappa shape index (κ3) is 4.06. The molecule has 0 radical (unpaired) electrons. The summed E-state index contributed by atoms with van der Waals surface area (Å²) in [4.78, 5) is -0.307. The molecule has 2 rings (SSSR count). The Morgan fingerprint density at radius 3 is 2.50 bits per heavy atom. The summed E-state index contributed by atoms with van der Waals surface area (Å²) in [6.07, 6.45) is -4.90. The maximum absolute atomic E-state index is 12.5. The second-order valence-corrected chi connectivity index (χ2v) is 7.13. The van der Waals surface area contributed by atoms with Gasteiger partial charge in [-0.05, 0) is 26.0 Å². The van der Waals surface area contributed by atoms with Gasteiger partial charge in [0.25, 0.3) is 0 Å². The van der Waals surface area contributed by atoms with E-state index in [0.717, 1.165) is 16.4 Å². The highest BCUT2D eigenvalue weighted by molar-refractivity contribution is 7.89. The van der Waals surface area contributed by atoms with Gasteiger partial charge in [0.05, 0.1) is 10.6 Å². The number of halogens is 3. The molecule has 0 unspecified atom stereocenters. The summed E-state index contributed by atoms with van der Waals surface area (Å²) < 4.78 is 71.6. The Morgan fingerprint density at radius 2 is 1.96 bits per heavy atom. The molecule has 0 bridgehead atoms. The van der Waals surface area contributed by atoms with Crippen molar-refractivity contribution in [1.29, 1.82) is 0 Å². The Hall–Kier alpha value is -2.07. The number of hydrogen-bond acceptors (Lipinski definition) is 5. The summed E-state index contributed by atoms with van der Waals surface area (Å²) in [7, 11) is -2.69. The van der Waals surface area contributed by atoms with E-state index >= 15 is 0 Å². The van der Waals surface area contributed by atoms with Crippen LogP contribution in [0, 0.1) is 13.8 Å². The first-order chi connectivity index (χ1) is 11.0. The first-order valence-electron chi connectivity index (χ1n) is 6.74. The highest BCUT2D eigenvalue weighted by atomic mass is 32.2. The smallest absolute Gasteiger partial charge is 0.406 e. The van der Waals surface area contributed by atoms with Crippen LogP contribution in [-0.4, -0.2) is 31.3 Å². The standard InChI is InChI=1S/C14H15F3N2O4S/c1-9-13(10(2)23-18-9)8-19(3)24(20,21)12-6-4-5-11(7-12)22-14(15,16)17/h4-7H,8H2,1-3H3. The zero-order chi connectivity index (χ0) is 18.1. The lowest BCUT2D eigenvalue weighted by Crippen LogP contribution is -2.27. The Bertz CT molecular complexity index is 811. The van der Waals surface area contributed by atoms with E-state index in [1.54, 1.807) is 13.8 Å². The molecule has 0 saturated carbocycles. The normalized spacial score (nSPS) is 12.6. The molecule has 0 fully saturated rings. The number of aryl methyl sites for hydroxylation is 2. The van der Waals surface area contributed by atoms with E-state index < -0.39 is 22.1 Å². The number of rotatable bonds is 5. The fourth-order valence-corrected chi connectivity index (χ4v) is 3.22. The van der Waals surface area contributed by atoms with Crippen molar-refractivity contribution < 1.29 is 30.8 Å². The number of aromatic nitrogens is 1. The van der Waals surface area contributed by atoms with E-state index in [4.69, 9.17) is 4.52 Å². The van der Waals surface area contributed by atoms with Crippen LogP contribution in [0.25, 0.3) is 0 Å². The lowest BCUT2D eigenvalue weighted by atomic mass is 10.2. The molecule has 132 valence electrons. The van der Waals surface area contributed by atoms with Crippen LogP contribution in [0.3, 0.4) is 0 Å². The quantitative estimate of drug-likeness (QED) is 0.815. The second kappa shape index (κ2) is 6.44. The van der Waals surface area contributed by atoms with Crippen molar-refractivity contribution in [2.45, 2.75) is 31.7 Å². The largest absolute Gasteiger partial charge is 0.573 e. The summed E-state index contributed by atoms with van der Waals surface area (Å²) >= 11 is 0. The van der Waals surface area contributed by atoms with Crippen molar-refractivity contribution in [3.05, 3.63) is 41.3 Å². The van der Waals surface area contributed by atoms with Gasteiger partial charge in [-0.2, -0.15) is 4.31 Å². The molecule has 0 atom stereocenters. The minimum Gasteiger partial charge on any atom is -0.406 e. The maximum atomic E-state index is 12.5. The minimum absolute atomic E-state index is 0.0200. The molecule has 0 aliphatic carbocycles. The molecule has 1 aromatic carbocycles. The predicted molar refractivity (Wildman–Crippen MR) is 77.8 cm³/mol. The van der Waals surface area contributed by atoms with Crippen LogP contribution in [0.2, 0.25) is 0 Å². The van der Waals surface area contributed by atoms with Crippen LogP contribution >= 0.6 is 0 Å². The first kappa shape index (κ1) is 18.3. The van der Waals surface area contributed by atoms with Crippen molar-refractivity contribution in [3.8, 4) is 5.75 Å². The predicted octanol–water partition coefficient (Wildman–Crippen LogP) is 3.01. The average molecular weight is 364 g/mol. The molecular weight excluding hydrogens is 349 g/mol. The molecule has 10 heteroatoms. The van der Waals surface area contributed by atoms with Gasteiger partial charge in [0.2, 0.25) is 10.0 Å². The lowest BCUT2D eigenvalue weighted by Gasteiger charge is -2.18. The molecule has 0 spiro atoms. The molecule has 6 nitrogen and oxygen atoms in total. The van der Waals surface area contributed by atoms with Crippen molar-refractivity contribution in [3.63, 3.8) is 0 Å². The van der Waals surface area contributed by atoms with E-state index in [1.807, 2.05) is 0 Å². The zero-order valence-electron chi connectivity index (χ0n) is 13.1. The summed E-state index contributed by atoms with van der Waals surface area (Å²) in [6.45, 7) is 3.30. The second-order valence-electron chi connectivity index (χ2n) is 5.09. The number of alkyl halides is 3. The molecule has 0 amide bonds. The molecular formula is C14H15F3N2O4S. The fraction of sp³-hybridized carbons (Fsp3) is 0.357. The van der Waals surface area contributed by atoms with Crippen LogP contribution in [0.5, 0.6) is 5.75 Å². The van der Waals surface area contributed by atoms with Gasteiger partial charge in [-0.1, -0.05) is 11.2 Å². The van der Waals surface area contributed by atoms with Crippen LogP contribution in [0.1, 0.15) is 17.0 Å². The van der Waals surface area contributed by atoms with Crippen molar-refractivity contribution >= 4 is 10.0 Å². The SMILES string of the molecule is Cc1noc(C)c1CN(C)S(=O)(=O)c1cccc(OC(F)(F)F)c1. The van der Waals surface area contributed by atoms with E-state index in [0.29, 0.717) is 17.0 Å². The third-order valence-electron chi connectivity index (χ3n) is 3.31. The van der Waals surface area contributed by atoms with E-state index in [9.17, 15) is 21.6 Å². The van der Waals surface area contributed by atoms with Crippen molar-refractivity contribution in [2.75, 3.05) is 7.05 Å². The summed E-state index contributed by atoms with van der Waals surface area (Å²) in [6, 6.07) is 4.23. The van der Waals surface area contributed by atoms with Crippen LogP contribution in [0.4, 0.5) is 13.2 Å². The molecule has 24 heavy (non-hydrogen) atoms. The third-order valence-corrected chi connectivity index (χ3v) is 5.11. The fourth-order valence-electron chi connectivity index (χ4n) is 2.05. The van der Waals surface area contributed by atoms with Crippen LogP contribution in [-0.2, 0) is 16.6 Å².